The molecule has 4 rings (SSSR count). The number of hydrogen-bond acceptors (Lipinski definition) is 4. The number of benzene rings is 2. The second kappa shape index (κ2) is 6.84. The molecule has 0 saturated heterocycles. The van der Waals surface area contributed by atoms with E-state index in [1.54, 1.807) is 36.3 Å². The third-order valence-corrected chi connectivity index (χ3v) is 4.67. The Morgan fingerprint density at radius 3 is 2.81 bits per heavy atom. The van der Waals surface area contributed by atoms with Crippen molar-refractivity contribution in [2.24, 2.45) is 0 Å². The van der Waals surface area contributed by atoms with Gasteiger partial charge < -0.3 is 9.47 Å². The van der Waals surface area contributed by atoms with Gasteiger partial charge in [-0.3, -0.25) is 9.69 Å². The Bertz CT molecular complexity index is 973. The first kappa shape index (κ1) is 16.7. The Hall–Kier alpha value is -2.79. The lowest BCUT2D eigenvalue weighted by molar-refractivity contribution is -0.120. The molecule has 26 heavy (non-hydrogen) atoms. The Balaban J connectivity index is 1.57. The smallest absolute Gasteiger partial charge is 0.266 e. The van der Waals surface area contributed by atoms with Gasteiger partial charge in [-0.25, -0.2) is 4.98 Å². The third kappa shape index (κ3) is 3.06. The number of pyridine rings is 1. The molecule has 0 spiro atoms. The summed E-state index contributed by atoms with van der Waals surface area (Å²) in [6.45, 7) is 0.552. The van der Waals surface area contributed by atoms with Gasteiger partial charge in [-0.1, -0.05) is 23.7 Å². The molecular weight excluding hydrogens is 352 g/mol. The van der Waals surface area contributed by atoms with Crippen molar-refractivity contribution in [2.45, 2.75) is 6.42 Å². The van der Waals surface area contributed by atoms with Crippen LogP contribution in [0.1, 0.15) is 5.56 Å². The molecular formula is C20H17ClN2O3. The molecule has 5 nitrogen and oxygen atoms in total. The van der Waals surface area contributed by atoms with Crippen molar-refractivity contribution in [1.29, 1.82) is 0 Å². The summed E-state index contributed by atoms with van der Waals surface area (Å²) in [4.78, 5) is 19.0. The molecule has 0 N–H and O–H groups in total. The Labute approximate surface area is 156 Å². The summed E-state index contributed by atoms with van der Waals surface area (Å²) < 4.78 is 11.0. The average Bonchev–Trinajstić information content (AvgIpc) is 3.08. The molecule has 3 aromatic rings. The second-order valence-corrected chi connectivity index (χ2v) is 6.48. The van der Waals surface area contributed by atoms with Gasteiger partial charge in [-0.05, 0) is 48.4 Å². The van der Waals surface area contributed by atoms with Crippen molar-refractivity contribution in [3.05, 3.63) is 59.1 Å². The maximum absolute atomic E-state index is 12.6. The maximum atomic E-state index is 12.6. The van der Waals surface area contributed by atoms with Gasteiger partial charge in [-0.2, -0.15) is 0 Å². The van der Waals surface area contributed by atoms with Crippen LogP contribution in [0.15, 0.2) is 48.5 Å². The van der Waals surface area contributed by atoms with Gasteiger partial charge in [0.25, 0.3) is 5.91 Å². The molecule has 1 aliphatic heterocycles. The molecule has 0 fully saturated rings. The molecule has 1 amide bonds. The first-order valence-corrected chi connectivity index (χ1v) is 8.69. The van der Waals surface area contributed by atoms with Crippen LogP contribution >= 0.6 is 11.6 Å². The number of hydrogen-bond donors (Lipinski definition) is 0. The standard InChI is InChI=1S/C20H17ClN2O3/c1-25-17-4-2-3-13-11-14-9-10-23(20(14)22-19(13)17)18(24)12-26-16-7-5-15(21)6-8-16/h2-8,11H,9-10,12H2,1H3. The zero-order valence-corrected chi connectivity index (χ0v) is 15.0. The van der Waals surface area contributed by atoms with Crippen molar-refractivity contribution < 1.29 is 14.3 Å². The Morgan fingerprint density at radius 2 is 2.04 bits per heavy atom. The lowest BCUT2D eigenvalue weighted by Crippen LogP contribution is -2.33. The summed E-state index contributed by atoms with van der Waals surface area (Å²) >= 11 is 5.86. The molecule has 0 aliphatic carbocycles. The lowest BCUT2D eigenvalue weighted by Gasteiger charge is -2.17. The molecule has 2 heterocycles. The predicted molar refractivity (Wildman–Crippen MR) is 101 cm³/mol. The van der Waals surface area contributed by atoms with Crippen LogP contribution in [0.2, 0.25) is 5.02 Å². The van der Waals surface area contributed by atoms with Crippen molar-refractivity contribution in [2.75, 3.05) is 25.2 Å². The number of amides is 1. The van der Waals surface area contributed by atoms with Crippen molar-refractivity contribution in [3.63, 3.8) is 0 Å². The van der Waals surface area contributed by atoms with Gasteiger partial charge in [0.1, 0.15) is 22.8 Å². The van der Waals surface area contributed by atoms with Crippen LogP contribution in [0.5, 0.6) is 11.5 Å². The van der Waals surface area contributed by atoms with Gasteiger partial charge in [0.2, 0.25) is 0 Å². The highest BCUT2D eigenvalue weighted by molar-refractivity contribution is 6.30. The monoisotopic (exact) mass is 368 g/mol. The van der Waals surface area contributed by atoms with Gasteiger partial charge in [0.05, 0.1) is 7.11 Å². The molecule has 1 aromatic heterocycles. The summed E-state index contributed by atoms with van der Waals surface area (Å²) in [5, 5.41) is 1.64. The molecule has 0 radical (unpaired) electrons. The molecule has 6 heteroatoms. The average molecular weight is 369 g/mol. The molecule has 0 saturated carbocycles. The first-order chi connectivity index (χ1) is 12.7. The fraction of sp³-hybridized carbons (Fsp3) is 0.200. The number of para-hydroxylation sites is 1. The summed E-state index contributed by atoms with van der Waals surface area (Å²) in [7, 11) is 1.62. The predicted octanol–water partition coefficient (Wildman–Crippen LogP) is 3.86. The van der Waals surface area contributed by atoms with Crippen molar-refractivity contribution in [1.82, 2.24) is 4.98 Å². The number of ether oxygens (including phenoxy) is 2. The zero-order valence-electron chi connectivity index (χ0n) is 14.2. The first-order valence-electron chi connectivity index (χ1n) is 8.31. The van der Waals surface area contributed by atoms with Crippen LogP contribution in [0.3, 0.4) is 0 Å². The Morgan fingerprint density at radius 1 is 1.23 bits per heavy atom. The lowest BCUT2D eigenvalue weighted by atomic mass is 10.1. The third-order valence-electron chi connectivity index (χ3n) is 4.42. The topological polar surface area (TPSA) is 51.7 Å². The number of anilines is 1. The van der Waals surface area contributed by atoms with Crippen LogP contribution in [0.4, 0.5) is 5.82 Å². The summed E-state index contributed by atoms with van der Waals surface area (Å²) in [5.74, 6) is 1.87. The van der Waals surface area contributed by atoms with Crippen LogP contribution in [-0.2, 0) is 11.2 Å². The van der Waals surface area contributed by atoms with Crippen LogP contribution in [0.25, 0.3) is 10.9 Å². The second-order valence-electron chi connectivity index (χ2n) is 6.04. The van der Waals surface area contributed by atoms with E-state index >= 15 is 0 Å². The normalized spacial score (nSPS) is 12.9. The summed E-state index contributed by atoms with van der Waals surface area (Å²) in [6.07, 6.45) is 0.780. The number of halogens is 1. The summed E-state index contributed by atoms with van der Waals surface area (Å²) in [5.41, 5.74) is 1.82. The molecule has 1 aliphatic rings. The number of rotatable bonds is 4. The number of fused-ring (bicyclic) bond motifs is 2. The van der Waals surface area contributed by atoms with Crippen LogP contribution < -0.4 is 14.4 Å². The summed E-state index contributed by atoms with van der Waals surface area (Å²) in [6, 6.07) is 14.8. The minimum Gasteiger partial charge on any atom is -0.494 e. The van der Waals surface area contributed by atoms with E-state index in [1.165, 1.54) is 0 Å². The van der Waals surface area contributed by atoms with E-state index in [-0.39, 0.29) is 12.5 Å². The van der Waals surface area contributed by atoms with Crippen LogP contribution in [-0.4, -0.2) is 31.2 Å². The molecule has 0 unspecified atom stereocenters. The Kier molecular flexibility index (Phi) is 4.39. The number of methoxy groups -OCH3 is 1. The van der Waals surface area contributed by atoms with Gasteiger partial charge in [0, 0.05) is 17.0 Å². The van der Waals surface area contributed by atoms with Gasteiger partial charge in [-0.15, -0.1) is 0 Å². The van der Waals surface area contributed by atoms with E-state index in [0.717, 1.165) is 22.9 Å². The fourth-order valence-electron chi connectivity index (χ4n) is 3.12. The number of nitrogens with zero attached hydrogens (tertiary/aromatic N) is 2. The number of carbonyl (C=O) groups is 1. The van der Waals surface area contributed by atoms with Crippen molar-refractivity contribution in [3.8, 4) is 11.5 Å². The van der Waals surface area contributed by atoms with E-state index in [9.17, 15) is 4.79 Å². The molecule has 2 aromatic carbocycles. The highest BCUT2D eigenvalue weighted by atomic mass is 35.5. The highest BCUT2D eigenvalue weighted by Crippen LogP contribution is 2.33. The quantitative estimate of drug-likeness (QED) is 0.701. The van der Waals surface area contributed by atoms with Gasteiger partial charge in [0.15, 0.2) is 6.61 Å². The van der Waals surface area contributed by atoms with E-state index in [4.69, 9.17) is 26.1 Å². The minimum absolute atomic E-state index is 0.0489. The number of aromatic nitrogens is 1. The molecule has 0 bridgehead atoms. The number of carbonyl (C=O) groups excluding carboxylic acids is 1. The van der Waals surface area contributed by atoms with Crippen LogP contribution in [0, 0.1) is 0 Å². The van der Waals surface area contributed by atoms with E-state index in [0.29, 0.717) is 28.9 Å². The van der Waals surface area contributed by atoms with E-state index in [1.807, 2.05) is 18.2 Å². The zero-order chi connectivity index (χ0) is 18.1. The maximum Gasteiger partial charge on any atom is 0.266 e. The molecule has 0 atom stereocenters. The van der Waals surface area contributed by atoms with E-state index < -0.39 is 0 Å². The molecule has 132 valence electrons. The fourth-order valence-corrected chi connectivity index (χ4v) is 3.25. The largest absolute Gasteiger partial charge is 0.494 e. The van der Waals surface area contributed by atoms with Crippen molar-refractivity contribution >= 4 is 34.2 Å². The SMILES string of the molecule is COc1cccc2cc3c(nc12)N(C(=O)COc1ccc(Cl)cc1)CC3. The van der Waals surface area contributed by atoms with Gasteiger partial charge >= 0.3 is 0 Å². The van der Waals surface area contributed by atoms with E-state index in [2.05, 4.69) is 6.07 Å². The minimum atomic E-state index is -0.125. The highest BCUT2D eigenvalue weighted by Gasteiger charge is 2.27.